The van der Waals surface area contributed by atoms with E-state index in [4.69, 9.17) is 15.4 Å². The van der Waals surface area contributed by atoms with Gasteiger partial charge in [0.2, 0.25) is 5.88 Å². The molecule has 0 saturated heterocycles. The number of fused-ring (bicyclic) bond motifs is 1. The number of benzene rings is 1. The number of hydrogen-bond acceptors (Lipinski definition) is 5. The summed E-state index contributed by atoms with van der Waals surface area (Å²) in [6, 6.07) is 8.35. The van der Waals surface area contributed by atoms with Crippen LogP contribution in [-0.4, -0.2) is 37.9 Å². The Hall–Kier alpha value is -1.77. The topological polar surface area (TPSA) is 59.5 Å². The van der Waals surface area contributed by atoms with Gasteiger partial charge in [0.05, 0.1) is 4.90 Å². The van der Waals surface area contributed by atoms with Crippen molar-refractivity contribution in [2.24, 2.45) is 0 Å². The van der Waals surface area contributed by atoms with Crippen LogP contribution in [0.15, 0.2) is 41.4 Å². The van der Waals surface area contributed by atoms with Crippen LogP contribution in [0.2, 0.25) is 0 Å². The van der Waals surface area contributed by atoms with E-state index in [1.165, 1.54) is 6.07 Å². The van der Waals surface area contributed by atoms with Gasteiger partial charge in [0.1, 0.15) is 0 Å². The number of aromatic nitrogens is 1. The van der Waals surface area contributed by atoms with Crippen LogP contribution in [0.3, 0.4) is 0 Å². The fourth-order valence-electron chi connectivity index (χ4n) is 3.12. The molecule has 0 radical (unpaired) electrons. The van der Waals surface area contributed by atoms with E-state index < -0.39 is 22.1 Å². The molecule has 146 valence electrons. The monoisotopic (exact) mass is 416 g/mol. The zero-order valence-electron chi connectivity index (χ0n) is 14.6. The first-order valence-corrected chi connectivity index (χ1v) is 10.7. The van der Waals surface area contributed by atoms with Crippen LogP contribution in [0.5, 0.6) is 5.88 Å². The van der Waals surface area contributed by atoms with Crippen molar-refractivity contribution in [2.45, 2.75) is 37.3 Å². The number of alkyl halides is 2. The largest absolute Gasteiger partial charge is 0.472 e. The molecule has 0 unspecified atom stereocenters. The maximum absolute atomic E-state index is 12.2. The first-order valence-electron chi connectivity index (χ1n) is 8.41. The zero-order valence-corrected chi connectivity index (χ0v) is 16.2. The Balaban J connectivity index is 1.72. The third-order valence-corrected chi connectivity index (χ3v) is 6.00. The van der Waals surface area contributed by atoms with E-state index in [1.807, 2.05) is 13.0 Å². The molecule has 0 N–H and O–H groups in total. The van der Waals surface area contributed by atoms with Crippen LogP contribution in [0.4, 0.5) is 8.78 Å². The van der Waals surface area contributed by atoms with E-state index in [2.05, 4.69) is 9.88 Å². The molecule has 0 aliphatic carbocycles. The lowest BCUT2D eigenvalue weighted by molar-refractivity contribution is 0.0795. The standard InChI is InChI=1S/C18H19ClF2N2O3S/c1-12(14-3-5-18(22-9-14)26-11-17(20)21)23-7-6-13-2-4-16(27(19,24)25)8-15(13)10-23/h2-5,8-9,12,17H,6-7,10-11H2,1H3/t12-/m1/s1. The number of hydrogen-bond donors (Lipinski definition) is 0. The molecule has 0 spiro atoms. The van der Waals surface area contributed by atoms with E-state index in [0.717, 1.165) is 29.7 Å². The molecular formula is C18H19ClF2N2O3S. The van der Waals surface area contributed by atoms with Crippen molar-refractivity contribution >= 4 is 19.7 Å². The van der Waals surface area contributed by atoms with Gasteiger partial charge in [-0.25, -0.2) is 22.2 Å². The number of halogens is 3. The molecule has 1 aromatic carbocycles. The van der Waals surface area contributed by atoms with E-state index >= 15 is 0 Å². The molecule has 2 heterocycles. The van der Waals surface area contributed by atoms with E-state index in [-0.39, 0.29) is 16.8 Å². The predicted octanol–water partition coefficient (Wildman–Crippen LogP) is 3.77. The van der Waals surface area contributed by atoms with Crippen molar-refractivity contribution in [3.8, 4) is 5.88 Å². The van der Waals surface area contributed by atoms with Gasteiger partial charge in [0, 0.05) is 42.1 Å². The van der Waals surface area contributed by atoms with Crippen LogP contribution in [0, 0.1) is 0 Å². The lowest BCUT2D eigenvalue weighted by Crippen LogP contribution is -2.33. The van der Waals surface area contributed by atoms with Gasteiger partial charge in [0.25, 0.3) is 15.5 Å². The van der Waals surface area contributed by atoms with Crippen LogP contribution in [-0.2, 0) is 22.0 Å². The second-order valence-electron chi connectivity index (χ2n) is 6.40. The summed E-state index contributed by atoms with van der Waals surface area (Å²) in [4.78, 5) is 6.37. The second kappa shape index (κ2) is 8.08. The lowest BCUT2D eigenvalue weighted by atomic mass is 9.97. The molecule has 0 bridgehead atoms. The van der Waals surface area contributed by atoms with E-state index in [1.54, 1.807) is 24.4 Å². The number of ether oxygens (including phenoxy) is 1. The maximum Gasteiger partial charge on any atom is 0.272 e. The highest BCUT2D eigenvalue weighted by Gasteiger charge is 2.23. The third-order valence-electron chi connectivity index (χ3n) is 4.65. The third kappa shape index (κ3) is 4.94. The van der Waals surface area contributed by atoms with Crippen LogP contribution >= 0.6 is 10.7 Å². The van der Waals surface area contributed by atoms with Crippen LogP contribution in [0.1, 0.15) is 29.7 Å². The molecule has 1 aliphatic rings. The Morgan fingerprint density at radius 1 is 1.26 bits per heavy atom. The fraction of sp³-hybridized carbons (Fsp3) is 0.389. The van der Waals surface area contributed by atoms with Gasteiger partial charge in [-0.05, 0) is 42.2 Å². The van der Waals surface area contributed by atoms with Gasteiger partial charge in [-0.2, -0.15) is 0 Å². The van der Waals surface area contributed by atoms with Crippen molar-refractivity contribution in [2.75, 3.05) is 13.2 Å². The van der Waals surface area contributed by atoms with Gasteiger partial charge in [-0.3, -0.25) is 4.90 Å². The Bertz CT molecular complexity index is 907. The summed E-state index contributed by atoms with van der Waals surface area (Å²) in [5.74, 6) is 0.159. The molecule has 3 rings (SSSR count). The molecule has 1 aromatic heterocycles. The Morgan fingerprint density at radius 3 is 2.67 bits per heavy atom. The van der Waals surface area contributed by atoms with Crippen molar-refractivity contribution < 1.29 is 21.9 Å². The number of pyridine rings is 1. The quantitative estimate of drug-likeness (QED) is 0.671. The van der Waals surface area contributed by atoms with Crippen molar-refractivity contribution in [3.05, 3.63) is 53.2 Å². The summed E-state index contributed by atoms with van der Waals surface area (Å²) >= 11 is 0. The molecular weight excluding hydrogens is 398 g/mol. The summed E-state index contributed by atoms with van der Waals surface area (Å²) in [5.41, 5.74) is 2.96. The summed E-state index contributed by atoms with van der Waals surface area (Å²) in [7, 11) is 1.68. The highest BCUT2D eigenvalue weighted by molar-refractivity contribution is 8.13. The van der Waals surface area contributed by atoms with Crippen LogP contribution < -0.4 is 4.74 Å². The van der Waals surface area contributed by atoms with Crippen molar-refractivity contribution in [1.29, 1.82) is 0 Å². The van der Waals surface area contributed by atoms with E-state index in [9.17, 15) is 17.2 Å². The van der Waals surface area contributed by atoms with Gasteiger partial charge >= 0.3 is 0 Å². The van der Waals surface area contributed by atoms with Crippen molar-refractivity contribution in [1.82, 2.24) is 9.88 Å². The molecule has 1 atom stereocenters. The first-order chi connectivity index (χ1) is 12.7. The molecule has 0 saturated carbocycles. The second-order valence-corrected chi connectivity index (χ2v) is 8.96. The Labute approximate surface area is 161 Å². The molecule has 2 aromatic rings. The average Bonchev–Trinajstić information content (AvgIpc) is 2.64. The van der Waals surface area contributed by atoms with Crippen LogP contribution in [0.25, 0.3) is 0 Å². The minimum atomic E-state index is -3.77. The highest BCUT2D eigenvalue weighted by Crippen LogP contribution is 2.30. The zero-order chi connectivity index (χ0) is 19.6. The minimum absolute atomic E-state index is 0.0195. The molecule has 0 fully saturated rings. The number of nitrogens with zero attached hydrogens (tertiary/aromatic N) is 2. The molecule has 5 nitrogen and oxygen atoms in total. The van der Waals surface area contributed by atoms with Crippen molar-refractivity contribution in [3.63, 3.8) is 0 Å². The predicted molar refractivity (Wildman–Crippen MR) is 97.7 cm³/mol. The Morgan fingerprint density at radius 2 is 2.04 bits per heavy atom. The summed E-state index contributed by atoms with van der Waals surface area (Å²) in [6.07, 6.45) is -0.133. The Kier molecular flexibility index (Phi) is 5.98. The summed E-state index contributed by atoms with van der Waals surface area (Å²) < 4.78 is 52.4. The van der Waals surface area contributed by atoms with E-state index in [0.29, 0.717) is 6.54 Å². The molecule has 27 heavy (non-hydrogen) atoms. The smallest absolute Gasteiger partial charge is 0.272 e. The summed E-state index contributed by atoms with van der Waals surface area (Å²) in [6.45, 7) is 2.73. The van der Waals surface area contributed by atoms with Gasteiger partial charge < -0.3 is 4.74 Å². The molecule has 1 aliphatic heterocycles. The minimum Gasteiger partial charge on any atom is -0.472 e. The lowest BCUT2D eigenvalue weighted by Gasteiger charge is -2.34. The fourth-order valence-corrected chi connectivity index (χ4v) is 3.92. The highest BCUT2D eigenvalue weighted by atomic mass is 35.7. The molecule has 0 amide bonds. The number of rotatable bonds is 6. The van der Waals surface area contributed by atoms with Gasteiger partial charge in [-0.1, -0.05) is 12.1 Å². The average molecular weight is 417 g/mol. The normalized spacial score (nSPS) is 16.2. The SMILES string of the molecule is C[C@H](c1ccc(OCC(F)F)nc1)N1CCc2ccc(S(=O)(=O)Cl)cc2C1. The maximum atomic E-state index is 12.2. The van der Waals surface area contributed by atoms with Gasteiger partial charge in [-0.15, -0.1) is 0 Å². The summed E-state index contributed by atoms with van der Waals surface area (Å²) in [5, 5.41) is 0. The molecule has 9 heteroatoms. The van der Waals surface area contributed by atoms with Gasteiger partial charge in [0.15, 0.2) is 6.61 Å². The first kappa shape index (κ1) is 20.0.